The monoisotopic (exact) mass is 393 g/mol. The fourth-order valence-electron chi connectivity index (χ4n) is 4.40. The number of hydrogen-bond acceptors (Lipinski definition) is 1. The van der Waals surface area contributed by atoms with Gasteiger partial charge in [0.1, 0.15) is 0 Å². The van der Waals surface area contributed by atoms with Crippen LogP contribution in [0.3, 0.4) is 0 Å². The zero-order chi connectivity index (χ0) is 21.3. The van der Waals surface area contributed by atoms with Gasteiger partial charge in [0.2, 0.25) is 0 Å². The minimum absolute atomic E-state index is 0.291. The molecule has 0 saturated heterocycles. The number of anilines is 2. The average molecular weight is 394 g/mol. The van der Waals surface area contributed by atoms with E-state index < -0.39 is 0 Å². The van der Waals surface area contributed by atoms with Gasteiger partial charge in [-0.2, -0.15) is 0 Å². The van der Waals surface area contributed by atoms with Crippen LogP contribution in [-0.2, 0) is 0 Å². The smallest absolute Gasteiger partial charge is 0.0560 e. The zero-order valence-corrected chi connectivity index (χ0v) is 18.5. The first-order valence-electron chi connectivity index (χ1n) is 10.9. The number of nitrogens with zero attached hydrogens (tertiary/aromatic N) is 1. The Hall–Kier alpha value is -3.06. The highest BCUT2D eigenvalue weighted by atomic mass is 15.2. The summed E-state index contributed by atoms with van der Waals surface area (Å²) in [6, 6.07) is 18.2. The molecule has 0 fully saturated rings. The lowest BCUT2D eigenvalue weighted by molar-refractivity contribution is 0.787. The Morgan fingerprint density at radius 3 is 2.40 bits per heavy atom. The van der Waals surface area contributed by atoms with Crippen LogP contribution >= 0.6 is 0 Å². The first-order valence-corrected chi connectivity index (χ1v) is 10.9. The minimum atomic E-state index is 0.291. The van der Waals surface area contributed by atoms with Gasteiger partial charge in [-0.1, -0.05) is 86.7 Å². The maximum Gasteiger partial charge on any atom is 0.0560 e. The van der Waals surface area contributed by atoms with Crippen LogP contribution in [0.15, 0.2) is 72.8 Å². The Kier molecular flexibility index (Phi) is 5.63. The van der Waals surface area contributed by atoms with Crippen molar-refractivity contribution in [2.45, 2.75) is 40.2 Å². The molecule has 1 heteroatoms. The summed E-state index contributed by atoms with van der Waals surface area (Å²) in [6.07, 6.45) is 12.2. The summed E-state index contributed by atoms with van der Waals surface area (Å²) in [4.78, 5) is 2.48. The molecule has 152 valence electrons. The summed E-state index contributed by atoms with van der Waals surface area (Å²) >= 11 is 0. The largest absolute Gasteiger partial charge is 0.334 e. The van der Waals surface area contributed by atoms with Gasteiger partial charge in [-0.05, 0) is 65.8 Å². The number of aryl methyl sites for hydroxylation is 2. The molecule has 0 spiro atoms. The van der Waals surface area contributed by atoms with E-state index >= 15 is 0 Å². The van der Waals surface area contributed by atoms with Crippen molar-refractivity contribution in [1.29, 1.82) is 0 Å². The molecule has 30 heavy (non-hydrogen) atoms. The van der Waals surface area contributed by atoms with Crippen LogP contribution in [0.2, 0.25) is 0 Å². The second-order valence-corrected chi connectivity index (χ2v) is 8.69. The van der Waals surface area contributed by atoms with E-state index in [1.165, 1.54) is 38.5 Å². The number of hydrogen-bond donors (Lipinski definition) is 0. The lowest BCUT2D eigenvalue weighted by Gasteiger charge is -2.34. The van der Waals surface area contributed by atoms with Crippen LogP contribution in [0, 0.1) is 19.8 Å². The van der Waals surface area contributed by atoms with E-state index in [0.29, 0.717) is 12.0 Å². The number of rotatable bonds is 4. The van der Waals surface area contributed by atoms with Gasteiger partial charge in [0.05, 0.1) is 6.04 Å². The van der Waals surface area contributed by atoms with Gasteiger partial charge in [-0.15, -0.1) is 0 Å². The molecule has 1 atom stereocenters. The first-order chi connectivity index (χ1) is 14.5. The molecule has 4 rings (SSSR count). The van der Waals surface area contributed by atoms with Crippen molar-refractivity contribution >= 4 is 34.8 Å². The van der Waals surface area contributed by atoms with Gasteiger partial charge in [0, 0.05) is 16.8 Å². The normalized spacial score (nSPS) is 16.6. The molecule has 0 radical (unpaired) electrons. The lowest BCUT2D eigenvalue weighted by atomic mass is 9.97. The van der Waals surface area contributed by atoms with Crippen LogP contribution in [0.25, 0.3) is 23.4 Å². The molecule has 0 amide bonds. The van der Waals surface area contributed by atoms with Crippen molar-refractivity contribution in [1.82, 2.24) is 0 Å². The molecule has 1 nitrogen and oxygen atoms in total. The Morgan fingerprint density at radius 2 is 1.73 bits per heavy atom. The molecule has 0 saturated carbocycles. The van der Waals surface area contributed by atoms with Crippen LogP contribution in [0.4, 0.5) is 11.4 Å². The molecule has 1 aliphatic carbocycles. The van der Waals surface area contributed by atoms with Crippen LogP contribution < -0.4 is 15.3 Å². The maximum absolute atomic E-state index is 4.48. The van der Waals surface area contributed by atoms with E-state index in [1.807, 2.05) is 0 Å². The predicted molar refractivity (Wildman–Crippen MR) is 133 cm³/mol. The van der Waals surface area contributed by atoms with E-state index in [4.69, 9.17) is 0 Å². The molecule has 1 aliphatic rings. The summed E-state index contributed by atoms with van der Waals surface area (Å²) in [7, 11) is 0. The third-order valence-electron chi connectivity index (χ3n) is 5.88. The Labute approximate surface area is 180 Å². The first kappa shape index (κ1) is 20.2. The molecular weight excluding hydrogens is 362 g/mol. The molecule has 0 heterocycles. The van der Waals surface area contributed by atoms with Crippen molar-refractivity contribution in [3.8, 4) is 0 Å². The molecule has 0 bridgehead atoms. The van der Waals surface area contributed by atoms with E-state index in [1.54, 1.807) is 0 Å². The Bertz CT molecular complexity index is 1230. The highest BCUT2D eigenvalue weighted by Gasteiger charge is 2.21. The summed E-state index contributed by atoms with van der Waals surface area (Å²) in [6.45, 7) is 13.3. The van der Waals surface area contributed by atoms with Crippen molar-refractivity contribution < 1.29 is 0 Å². The van der Waals surface area contributed by atoms with Crippen molar-refractivity contribution in [3.05, 3.63) is 94.4 Å². The molecule has 0 aliphatic heterocycles. The number of allylic oxidation sites excluding steroid dienone is 2. The van der Waals surface area contributed by atoms with Crippen LogP contribution in [0.1, 0.15) is 31.4 Å². The molecule has 3 aromatic rings. The quantitative estimate of drug-likeness (QED) is 0.501. The highest BCUT2D eigenvalue weighted by molar-refractivity contribution is 5.98. The van der Waals surface area contributed by atoms with Crippen molar-refractivity contribution in [3.63, 3.8) is 0 Å². The Balaban J connectivity index is 1.98. The van der Waals surface area contributed by atoms with E-state index in [9.17, 15) is 0 Å². The van der Waals surface area contributed by atoms with Crippen LogP contribution in [0.5, 0.6) is 0 Å². The van der Waals surface area contributed by atoms with Crippen LogP contribution in [-0.4, -0.2) is 6.04 Å². The minimum Gasteiger partial charge on any atom is -0.334 e. The third-order valence-corrected chi connectivity index (χ3v) is 5.88. The van der Waals surface area contributed by atoms with Gasteiger partial charge < -0.3 is 4.90 Å². The molecule has 0 N–H and O–H groups in total. The highest BCUT2D eigenvalue weighted by Crippen LogP contribution is 2.36. The fraction of sp³-hybridized carbons (Fsp3) is 0.241. The second-order valence-electron chi connectivity index (χ2n) is 8.69. The topological polar surface area (TPSA) is 3.24 Å². The second kappa shape index (κ2) is 8.36. The average Bonchev–Trinajstić information content (AvgIpc) is 2.73. The van der Waals surface area contributed by atoms with Gasteiger partial charge >= 0.3 is 0 Å². The predicted octanol–water partition coefficient (Wildman–Crippen LogP) is 6.33. The standard InChI is InChI=1S/C29H31N/c1-20(2)19-24-14-17-27-28(18-13-22(4)29(27)23(24)5)30(25-9-7-6-8-10-25)26-15-11-21(3)12-16-26/h6-9,11-20,25H,5,10H2,1-4H3/b24-19-. The summed E-state index contributed by atoms with van der Waals surface area (Å²) < 4.78 is 0. The maximum atomic E-state index is 4.48. The SMILES string of the molecule is C=c1/c(=C\C(C)C)ccc2c(N(c3ccc(C)cc3)C3C=CC=CC3)ccc(C)c12. The van der Waals surface area contributed by atoms with Gasteiger partial charge in [0.15, 0.2) is 0 Å². The fourth-order valence-corrected chi connectivity index (χ4v) is 4.40. The molecule has 1 unspecified atom stereocenters. The third kappa shape index (κ3) is 3.85. The van der Waals surface area contributed by atoms with Gasteiger partial charge in [-0.3, -0.25) is 0 Å². The lowest BCUT2D eigenvalue weighted by Crippen LogP contribution is -2.31. The summed E-state index contributed by atoms with van der Waals surface area (Å²) in [5.41, 5.74) is 5.02. The summed E-state index contributed by atoms with van der Waals surface area (Å²) in [5.74, 6) is 0.495. The van der Waals surface area contributed by atoms with Crippen molar-refractivity contribution in [2.24, 2.45) is 5.92 Å². The van der Waals surface area contributed by atoms with E-state index in [-0.39, 0.29) is 0 Å². The van der Waals surface area contributed by atoms with E-state index in [0.717, 1.165) is 11.6 Å². The van der Waals surface area contributed by atoms with Crippen molar-refractivity contribution in [2.75, 3.05) is 4.90 Å². The molecule has 3 aromatic carbocycles. The summed E-state index contributed by atoms with van der Waals surface area (Å²) in [5, 5.41) is 4.90. The molecule has 0 aromatic heterocycles. The van der Waals surface area contributed by atoms with E-state index in [2.05, 4.69) is 118 Å². The Morgan fingerprint density at radius 1 is 0.967 bits per heavy atom. The molecular formula is C29H31N. The number of benzene rings is 3. The van der Waals surface area contributed by atoms with Gasteiger partial charge in [0.25, 0.3) is 0 Å². The zero-order valence-electron chi connectivity index (χ0n) is 18.5. The number of fused-ring (bicyclic) bond motifs is 1. The van der Waals surface area contributed by atoms with Gasteiger partial charge in [-0.25, -0.2) is 0 Å².